The fourth-order valence-corrected chi connectivity index (χ4v) is 11.0. The van der Waals surface area contributed by atoms with Crippen molar-refractivity contribution in [2.75, 3.05) is 39.5 Å². The summed E-state index contributed by atoms with van der Waals surface area (Å²) in [6.45, 7) is -0.336. The van der Waals surface area contributed by atoms with E-state index in [1.165, 1.54) is 0 Å². The normalized spacial score (nSPS) is 46.1. The smallest absolute Gasteiger partial charge is 0.186 e. The minimum absolute atomic E-state index is 0.0149. The van der Waals surface area contributed by atoms with E-state index in [9.17, 15) is 40.9 Å². The summed E-state index contributed by atoms with van der Waals surface area (Å²) in [4.78, 5) is 0. The zero-order chi connectivity index (χ0) is 55.8. The van der Waals surface area contributed by atoms with Crippen LogP contribution in [0.25, 0.3) is 0 Å². The highest BCUT2D eigenvalue weighted by Gasteiger charge is 2.53. The second kappa shape index (κ2) is 28.8. The lowest BCUT2D eigenvalue weighted by molar-refractivity contribution is -0.318. The van der Waals surface area contributed by atoms with Crippen LogP contribution in [0.3, 0.4) is 0 Å². The van der Waals surface area contributed by atoms with E-state index >= 15 is 0 Å². The van der Waals surface area contributed by atoms with Crippen molar-refractivity contribution in [3.05, 3.63) is 11.9 Å². The lowest BCUT2D eigenvalue weighted by Gasteiger charge is -2.49. The molecule has 1 aromatic rings. The van der Waals surface area contributed by atoms with Crippen molar-refractivity contribution in [3.63, 3.8) is 0 Å². The van der Waals surface area contributed by atoms with Gasteiger partial charge in [-0.25, -0.2) is 0 Å². The molecule has 6 fully saturated rings. The Kier molecular flexibility index (Phi) is 23.4. The number of nitrogens with two attached hydrogens (primary N) is 10. The summed E-state index contributed by atoms with van der Waals surface area (Å²) in [7, 11) is 0. The number of ether oxygens (including phenoxy) is 10. The quantitative estimate of drug-likeness (QED) is 0.0427. The van der Waals surface area contributed by atoms with E-state index in [2.05, 4.69) is 10.3 Å². The fourth-order valence-electron chi connectivity index (χ4n) is 11.0. The molecule has 7 rings (SSSR count). The minimum Gasteiger partial charge on any atom is -0.394 e. The summed E-state index contributed by atoms with van der Waals surface area (Å²) in [5.41, 5.74) is 64.0. The van der Waals surface area contributed by atoms with E-state index in [0.717, 1.165) is 5.69 Å². The zero-order valence-corrected chi connectivity index (χ0v) is 43.3. The molecule has 31 heteroatoms. The predicted molar refractivity (Wildman–Crippen MR) is 266 cm³/mol. The Hall–Kier alpha value is -1.98. The van der Waals surface area contributed by atoms with E-state index in [-0.39, 0.29) is 52.0 Å². The van der Waals surface area contributed by atoms with Crippen LogP contribution in [0, 0.1) is 0 Å². The van der Waals surface area contributed by atoms with Crippen LogP contribution < -0.4 is 57.3 Å². The second-order valence-corrected chi connectivity index (χ2v) is 21.4. The number of rotatable bonds is 24. The Morgan fingerprint density at radius 3 is 1.27 bits per heavy atom. The first-order valence-corrected chi connectivity index (χ1v) is 26.9. The molecule has 4 saturated heterocycles. The molecule has 0 radical (unpaired) electrons. The zero-order valence-electron chi connectivity index (χ0n) is 43.3. The molecule has 31 nitrogen and oxygen atoms in total. The number of aromatic nitrogens is 3. The lowest BCUT2D eigenvalue weighted by Crippen LogP contribution is -2.68. The van der Waals surface area contributed by atoms with E-state index in [1.54, 1.807) is 4.68 Å². The number of aliphatic hydroxyl groups is 8. The van der Waals surface area contributed by atoms with Crippen LogP contribution in [-0.4, -0.2) is 267 Å². The molecule has 4 aliphatic heterocycles. The molecule has 2 aliphatic carbocycles. The van der Waals surface area contributed by atoms with E-state index in [1.807, 2.05) is 6.20 Å². The maximum atomic E-state index is 11.0. The summed E-state index contributed by atoms with van der Waals surface area (Å²) in [6.07, 6.45) is -16.6. The molecule has 28 atom stereocenters. The van der Waals surface area contributed by atoms with Gasteiger partial charge in [-0.1, -0.05) is 5.21 Å². The molecule has 77 heavy (non-hydrogen) atoms. The number of aliphatic hydroxyl groups excluding tert-OH is 8. The van der Waals surface area contributed by atoms with Gasteiger partial charge in [-0.2, -0.15) is 0 Å². The fraction of sp³-hybridized carbons (Fsp3) is 0.957. The largest absolute Gasteiger partial charge is 0.394 e. The standard InChI is InChI=1S/C46H89N13O18/c47-13-27-25(62)11-23(53)43(70-27)74-37-19(49)9-21(51)39(76-45-35(66)31(55)33(64)29(16-60)72-45)41(37)68-7-3-1-5-18-15-59(58-57-18)6-2-4-8-69-42-38(75-44-24(54)12-26(63)28(14-48)71-44)20(50)10-22(52)40(42)77-46-36(67)32(56)34(65)30(17-61)73-46/h15,19-46,60-67H,1-14,16-17,47-56H2/t19-,20-,21+,22+,23+,24+,25-,26-,27+,28+,29+,30+,31-,32-,33+,34+,35+,36+,37+,38+,39-,40-,41-,42-,43+,44+,45+,46+/m0/s1. The van der Waals surface area contributed by atoms with E-state index in [0.29, 0.717) is 38.6 Å². The minimum atomic E-state index is -1.50. The van der Waals surface area contributed by atoms with Gasteiger partial charge in [-0.3, -0.25) is 4.68 Å². The van der Waals surface area contributed by atoms with Crippen LogP contribution in [0.1, 0.15) is 57.1 Å². The Balaban J connectivity index is 0.940. The van der Waals surface area contributed by atoms with Gasteiger partial charge in [0.05, 0.1) is 67.5 Å². The van der Waals surface area contributed by atoms with Gasteiger partial charge < -0.3 is 146 Å². The molecule has 28 N–H and O–H groups in total. The lowest BCUT2D eigenvalue weighted by atomic mass is 9.84. The SMILES string of the molecule is NC[C@H]1O[C@H](O[C@H]2[C@H](OCCCCc3cn(CCCCO[C@@H]4[C@@H](O[C@H]5O[C@H](CO)[C@@H](O)[C@H](N)[C@H]5O)[C@H](N)C[C@H](N)[C@H]4O[C@H]4O[C@H](CN)[C@@H](O)C[C@H]4N)nn3)[C@@H](O[C@H]3O[C@H](CO)[C@@H](O)[C@H](N)[C@H]3O)[C@H](N)C[C@@H]2N)[C@H](N)C[C@@H]1O. The van der Waals surface area contributed by atoms with Crippen molar-refractivity contribution in [2.45, 2.75) is 235 Å². The number of hydrogen-bond donors (Lipinski definition) is 18. The number of aryl methyl sites for hydroxylation is 2. The Morgan fingerprint density at radius 2 is 0.870 bits per heavy atom. The van der Waals surface area contributed by atoms with Crippen molar-refractivity contribution in [1.29, 1.82) is 0 Å². The van der Waals surface area contributed by atoms with Gasteiger partial charge >= 0.3 is 0 Å². The Labute approximate surface area is 446 Å². The Morgan fingerprint density at radius 1 is 0.481 bits per heavy atom. The van der Waals surface area contributed by atoms with Gasteiger partial charge in [0.25, 0.3) is 0 Å². The van der Waals surface area contributed by atoms with Crippen LogP contribution >= 0.6 is 0 Å². The third-order valence-corrected chi connectivity index (χ3v) is 15.6. The molecular weight excluding hydrogens is 1020 g/mol. The topological polar surface area (TPSA) is 545 Å². The van der Waals surface area contributed by atoms with Crippen LogP contribution in [0.4, 0.5) is 0 Å². The van der Waals surface area contributed by atoms with Gasteiger partial charge in [0.2, 0.25) is 0 Å². The van der Waals surface area contributed by atoms with Gasteiger partial charge in [0, 0.05) is 63.2 Å². The monoisotopic (exact) mass is 1110 g/mol. The maximum absolute atomic E-state index is 11.0. The summed E-state index contributed by atoms with van der Waals surface area (Å²) < 4.78 is 63.5. The third kappa shape index (κ3) is 15.2. The highest BCUT2D eigenvalue weighted by Crippen LogP contribution is 2.35. The van der Waals surface area contributed by atoms with Crippen molar-refractivity contribution in [3.8, 4) is 0 Å². The van der Waals surface area contributed by atoms with Gasteiger partial charge in [-0.05, 0) is 57.8 Å². The summed E-state index contributed by atoms with van der Waals surface area (Å²) in [6, 6.07) is -6.79. The molecular formula is C46H89N13O18. The van der Waals surface area contributed by atoms with Crippen molar-refractivity contribution in [2.24, 2.45) is 57.3 Å². The average molecular weight is 1110 g/mol. The maximum Gasteiger partial charge on any atom is 0.186 e. The molecule has 1 aromatic heterocycles. The predicted octanol–water partition coefficient (Wildman–Crippen LogP) is -10.1. The highest BCUT2D eigenvalue weighted by molar-refractivity contribution is 5.04. The molecule has 0 amide bonds. The van der Waals surface area contributed by atoms with Gasteiger partial charge in [0.1, 0.15) is 73.2 Å². The van der Waals surface area contributed by atoms with Gasteiger partial charge in [0.15, 0.2) is 25.2 Å². The van der Waals surface area contributed by atoms with Crippen LogP contribution in [0.2, 0.25) is 0 Å². The number of hydrogen-bond acceptors (Lipinski definition) is 30. The number of unbranched alkanes of at least 4 members (excludes halogenated alkanes) is 2. The van der Waals surface area contributed by atoms with Crippen LogP contribution in [-0.2, 0) is 60.3 Å². The summed E-state index contributed by atoms with van der Waals surface area (Å²) >= 11 is 0. The molecule has 5 heterocycles. The van der Waals surface area contributed by atoms with Gasteiger partial charge in [-0.15, -0.1) is 5.10 Å². The van der Waals surface area contributed by atoms with Crippen molar-refractivity contribution < 1.29 is 88.2 Å². The molecule has 0 unspecified atom stereocenters. The average Bonchev–Trinajstić information content (AvgIpc) is 3.90. The van der Waals surface area contributed by atoms with Crippen molar-refractivity contribution >= 4 is 0 Å². The van der Waals surface area contributed by atoms with E-state index in [4.69, 9.17) is 105 Å². The first-order chi connectivity index (χ1) is 36.8. The molecule has 0 aromatic carbocycles. The highest BCUT2D eigenvalue weighted by atomic mass is 16.7. The van der Waals surface area contributed by atoms with Crippen LogP contribution in [0.5, 0.6) is 0 Å². The molecule has 2 saturated carbocycles. The Bertz CT molecular complexity index is 1770. The molecule has 0 spiro atoms. The first kappa shape index (κ1) is 62.6. The second-order valence-electron chi connectivity index (χ2n) is 21.4. The summed E-state index contributed by atoms with van der Waals surface area (Å²) in [5, 5.41) is 92.2. The third-order valence-electron chi connectivity index (χ3n) is 15.6. The first-order valence-electron chi connectivity index (χ1n) is 26.9. The molecule has 6 aliphatic rings. The molecule has 0 bridgehead atoms. The molecule has 446 valence electrons. The summed E-state index contributed by atoms with van der Waals surface area (Å²) in [5.74, 6) is 0. The van der Waals surface area contributed by atoms with E-state index < -0.39 is 184 Å². The number of nitrogens with zero attached hydrogens (tertiary/aromatic N) is 3. The van der Waals surface area contributed by atoms with Crippen molar-refractivity contribution in [1.82, 2.24) is 15.0 Å². The van der Waals surface area contributed by atoms with Crippen LogP contribution in [0.15, 0.2) is 6.20 Å².